The first kappa shape index (κ1) is 12.3. The van der Waals surface area contributed by atoms with Gasteiger partial charge in [0.15, 0.2) is 0 Å². The van der Waals surface area contributed by atoms with Gasteiger partial charge in [-0.1, -0.05) is 20.3 Å². The maximum absolute atomic E-state index is 5.80. The molecule has 0 aromatic heterocycles. The number of nitrogens with one attached hydrogen (secondary N) is 1. The Bertz CT molecular complexity index is 224. The summed E-state index contributed by atoms with van der Waals surface area (Å²) in [5, 5.41) is 0. The van der Waals surface area contributed by atoms with Gasteiger partial charge in [0.2, 0.25) is 0 Å². The quantitative estimate of drug-likeness (QED) is 0.572. The summed E-state index contributed by atoms with van der Waals surface area (Å²) in [6, 6.07) is 0.442. The first-order valence-corrected chi connectivity index (χ1v) is 6.69. The minimum Gasteiger partial charge on any atom is -0.381 e. The zero-order valence-corrected chi connectivity index (χ0v) is 10.7. The van der Waals surface area contributed by atoms with Crippen molar-refractivity contribution >= 4 is 0 Å². The Morgan fingerprint density at radius 3 is 2.62 bits per heavy atom. The van der Waals surface area contributed by atoms with Crippen molar-refractivity contribution in [1.29, 1.82) is 0 Å². The second kappa shape index (κ2) is 5.03. The van der Waals surface area contributed by atoms with Crippen LogP contribution >= 0.6 is 0 Å². The molecule has 1 aliphatic carbocycles. The minimum atomic E-state index is 0.439. The number of hydrogen-bond donors (Lipinski definition) is 2. The number of hydrogen-bond acceptors (Lipinski definition) is 3. The molecular formula is C13H26N2O. The van der Waals surface area contributed by atoms with Crippen molar-refractivity contribution in [2.75, 3.05) is 13.2 Å². The van der Waals surface area contributed by atoms with Crippen molar-refractivity contribution in [1.82, 2.24) is 5.43 Å². The molecule has 16 heavy (non-hydrogen) atoms. The van der Waals surface area contributed by atoms with Gasteiger partial charge in [-0.2, -0.15) is 0 Å². The fourth-order valence-electron chi connectivity index (χ4n) is 3.65. The molecule has 2 aliphatic rings. The monoisotopic (exact) mass is 226 g/mol. The lowest BCUT2D eigenvalue weighted by atomic mass is 9.73. The molecule has 2 rings (SSSR count). The molecular weight excluding hydrogens is 200 g/mol. The molecule has 0 amide bonds. The molecule has 3 N–H and O–H groups in total. The number of ether oxygens (including phenoxy) is 1. The topological polar surface area (TPSA) is 47.3 Å². The fraction of sp³-hybridized carbons (Fsp3) is 1.00. The molecule has 3 heteroatoms. The van der Waals surface area contributed by atoms with Crippen LogP contribution in [0.4, 0.5) is 0 Å². The third-order valence-electron chi connectivity index (χ3n) is 4.67. The molecule has 2 fully saturated rings. The third kappa shape index (κ3) is 2.41. The van der Waals surface area contributed by atoms with Crippen molar-refractivity contribution in [2.24, 2.45) is 23.1 Å². The minimum absolute atomic E-state index is 0.439. The van der Waals surface area contributed by atoms with E-state index in [1.807, 2.05) is 0 Å². The van der Waals surface area contributed by atoms with Crippen LogP contribution < -0.4 is 11.3 Å². The lowest BCUT2D eigenvalue weighted by Gasteiger charge is -2.39. The van der Waals surface area contributed by atoms with Gasteiger partial charge in [0.1, 0.15) is 0 Å². The van der Waals surface area contributed by atoms with Crippen LogP contribution in [0.1, 0.15) is 46.0 Å². The highest BCUT2D eigenvalue weighted by Gasteiger charge is 2.42. The maximum Gasteiger partial charge on any atom is 0.0509 e. The van der Waals surface area contributed by atoms with Gasteiger partial charge in [-0.3, -0.25) is 11.3 Å². The zero-order chi connectivity index (χ0) is 11.6. The molecule has 1 saturated carbocycles. The standard InChI is InChI=1S/C13H26N2O/c1-13(2)7-3-6-11(13)12(15-14)10-5-4-8-16-9-10/h10-12,15H,3-9,14H2,1-2H3. The summed E-state index contributed by atoms with van der Waals surface area (Å²) in [6.45, 7) is 6.60. The van der Waals surface area contributed by atoms with Gasteiger partial charge in [-0.25, -0.2) is 0 Å². The van der Waals surface area contributed by atoms with Crippen LogP contribution in [0.25, 0.3) is 0 Å². The first-order chi connectivity index (χ1) is 7.65. The SMILES string of the molecule is CC1(C)CCCC1C(NN)C1CCCOC1. The second-order valence-electron chi connectivity index (χ2n) is 6.16. The van der Waals surface area contributed by atoms with Crippen molar-refractivity contribution in [2.45, 2.75) is 52.0 Å². The summed E-state index contributed by atoms with van der Waals surface area (Å²) in [5.41, 5.74) is 3.53. The number of hydrazine groups is 1. The van der Waals surface area contributed by atoms with Crippen LogP contribution in [0.3, 0.4) is 0 Å². The lowest BCUT2D eigenvalue weighted by Crippen LogP contribution is -2.51. The Morgan fingerprint density at radius 1 is 1.31 bits per heavy atom. The molecule has 1 heterocycles. The summed E-state index contributed by atoms with van der Waals surface area (Å²) >= 11 is 0. The van der Waals surface area contributed by atoms with E-state index in [0.29, 0.717) is 23.3 Å². The van der Waals surface area contributed by atoms with Crippen LogP contribution in [0.2, 0.25) is 0 Å². The van der Waals surface area contributed by atoms with Crippen molar-refractivity contribution in [3.05, 3.63) is 0 Å². The highest BCUT2D eigenvalue weighted by Crippen LogP contribution is 2.46. The molecule has 3 unspecified atom stereocenters. The second-order valence-corrected chi connectivity index (χ2v) is 6.16. The number of rotatable bonds is 3. The van der Waals surface area contributed by atoms with Gasteiger partial charge < -0.3 is 4.74 Å². The van der Waals surface area contributed by atoms with Crippen molar-refractivity contribution in [3.63, 3.8) is 0 Å². The zero-order valence-electron chi connectivity index (χ0n) is 10.7. The lowest BCUT2D eigenvalue weighted by molar-refractivity contribution is 0.0170. The van der Waals surface area contributed by atoms with E-state index in [0.717, 1.165) is 13.2 Å². The molecule has 0 radical (unpaired) electrons. The molecule has 0 bridgehead atoms. The fourth-order valence-corrected chi connectivity index (χ4v) is 3.65. The van der Waals surface area contributed by atoms with Crippen LogP contribution in [-0.4, -0.2) is 19.3 Å². The summed E-state index contributed by atoms with van der Waals surface area (Å²) in [6.07, 6.45) is 6.46. The van der Waals surface area contributed by atoms with Crippen molar-refractivity contribution in [3.8, 4) is 0 Å². The third-order valence-corrected chi connectivity index (χ3v) is 4.67. The predicted octanol–water partition coefficient (Wildman–Crippen LogP) is 2.07. The van der Waals surface area contributed by atoms with Gasteiger partial charge in [0, 0.05) is 12.6 Å². The highest BCUT2D eigenvalue weighted by molar-refractivity contribution is 4.94. The van der Waals surface area contributed by atoms with Crippen molar-refractivity contribution < 1.29 is 4.74 Å². The van der Waals surface area contributed by atoms with Gasteiger partial charge in [0.05, 0.1) is 6.61 Å². The molecule has 0 spiro atoms. The summed E-state index contributed by atoms with van der Waals surface area (Å²) < 4.78 is 5.60. The molecule has 94 valence electrons. The Hall–Kier alpha value is -0.120. The van der Waals surface area contributed by atoms with Crippen LogP contribution in [0.15, 0.2) is 0 Å². The van der Waals surface area contributed by atoms with E-state index in [-0.39, 0.29) is 0 Å². The Morgan fingerprint density at radius 2 is 2.12 bits per heavy atom. The predicted molar refractivity (Wildman–Crippen MR) is 65.8 cm³/mol. The van der Waals surface area contributed by atoms with E-state index >= 15 is 0 Å². The van der Waals surface area contributed by atoms with Crippen LogP contribution in [0.5, 0.6) is 0 Å². The van der Waals surface area contributed by atoms with E-state index in [1.54, 1.807) is 0 Å². The molecule has 3 atom stereocenters. The van der Waals surface area contributed by atoms with E-state index < -0.39 is 0 Å². The summed E-state index contributed by atoms with van der Waals surface area (Å²) in [5.74, 6) is 7.12. The molecule has 0 aromatic carbocycles. The average Bonchev–Trinajstić information content (AvgIpc) is 2.62. The van der Waals surface area contributed by atoms with E-state index in [4.69, 9.17) is 10.6 Å². The van der Waals surface area contributed by atoms with Crippen LogP contribution in [0, 0.1) is 17.3 Å². The average molecular weight is 226 g/mol. The Balaban J connectivity index is 2.03. The normalized spacial score (nSPS) is 36.2. The van der Waals surface area contributed by atoms with Gasteiger partial charge in [-0.15, -0.1) is 0 Å². The van der Waals surface area contributed by atoms with Gasteiger partial charge in [0.25, 0.3) is 0 Å². The Kier molecular flexibility index (Phi) is 3.88. The highest BCUT2D eigenvalue weighted by atomic mass is 16.5. The molecule has 3 nitrogen and oxygen atoms in total. The first-order valence-electron chi connectivity index (χ1n) is 6.69. The molecule has 1 saturated heterocycles. The summed E-state index contributed by atoms with van der Waals surface area (Å²) in [7, 11) is 0. The largest absolute Gasteiger partial charge is 0.381 e. The van der Waals surface area contributed by atoms with Gasteiger partial charge >= 0.3 is 0 Å². The smallest absolute Gasteiger partial charge is 0.0509 e. The van der Waals surface area contributed by atoms with E-state index in [1.165, 1.54) is 32.1 Å². The van der Waals surface area contributed by atoms with Gasteiger partial charge in [-0.05, 0) is 42.9 Å². The molecule has 0 aromatic rings. The van der Waals surface area contributed by atoms with E-state index in [9.17, 15) is 0 Å². The Labute approximate surface area is 99.1 Å². The van der Waals surface area contributed by atoms with E-state index in [2.05, 4.69) is 19.3 Å². The summed E-state index contributed by atoms with van der Waals surface area (Å²) in [4.78, 5) is 0. The maximum atomic E-state index is 5.80. The van der Waals surface area contributed by atoms with Crippen LogP contribution in [-0.2, 0) is 4.74 Å². The molecule has 1 aliphatic heterocycles. The number of nitrogens with two attached hydrogens (primary N) is 1.